The quantitative estimate of drug-likeness (QED) is 0.782. The summed E-state index contributed by atoms with van der Waals surface area (Å²) >= 11 is 1.96. The predicted octanol–water partition coefficient (Wildman–Crippen LogP) is 4.08. The van der Waals surface area contributed by atoms with Gasteiger partial charge in [-0.15, -0.1) is 0 Å². The van der Waals surface area contributed by atoms with E-state index in [1.807, 2.05) is 22.6 Å². The van der Waals surface area contributed by atoms with E-state index in [4.69, 9.17) is 4.74 Å². The molecule has 0 saturated heterocycles. The van der Waals surface area contributed by atoms with Gasteiger partial charge in [0.05, 0.1) is 12.8 Å². The third-order valence-corrected chi connectivity index (χ3v) is 3.40. The van der Waals surface area contributed by atoms with Crippen LogP contribution in [0.3, 0.4) is 0 Å². The fourth-order valence-corrected chi connectivity index (χ4v) is 2.19. The van der Waals surface area contributed by atoms with Crippen molar-refractivity contribution < 1.29 is 13.9 Å². The van der Waals surface area contributed by atoms with Crippen molar-refractivity contribution in [2.75, 3.05) is 17.7 Å². The van der Waals surface area contributed by atoms with Crippen LogP contribution in [0.1, 0.15) is 0 Å². The lowest BCUT2D eigenvalue weighted by Gasteiger charge is -2.10. The van der Waals surface area contributed by atoms with Crippen molar-refractivity contribution in [2.45, 2.75) is 0 Å². The van der Waals surface area contributed by atoms with E-state index >= 15 is 0 Å². The average Bonchev–Trinajstić information content (AvgIpc) is 2.42. The first kappa shape index (κ1) is 14.6. The Morgan fingerprint density at radius 2 is 2.00 bits per heavy atom. The van der Waals surface area contributed by atoms with Crippen molar-refractivity contribution in [3.8, 4) is 5.75 Å². The number of methoxy groups -OCH3 is 1. The molecular formula is C14H12FIN2O2. The monoisotopic (exact) mass is 386 g/mol. The summed E-state index contributed by atoms with van der Waals surface area (Å²) in [6, 6.07) is 10.8. The Hall–Kier alpha value is -1.83. The van der Waals surface area contributed by atoms with Crippen LogP contribution < -0.4 is 15.4 Å². The molecule has 0 aliphatic carbocycles. The van der Waals surface area contributed by atoms with Gasteiger partial charge in [-0.2, -0.15) is 0 Å². The van der Waals surface area contributed by atoms with Gasteiger partial charge < -0.3 is 15.4 Å². The topological polar surface area (TPSA) is 50.4 Å². The highest BCUT2D eigenvalue weighted by Crippen LogP contribution is 2.20. The number of amides is 2. The zero-order chi connectivity index (χ0) is 14.5. The number of anilines is 2. The van der Waals surface area contributed by atoms with Crippen LogP contribution in [0.5, 0.6) is 5.75 Å². The van der Waals surface area contributed by atoms with Crippen LogP contribution in [0.15, 0.2) is 42.5 Å². The molecular weight excluding hydrogens is 374 g/mol. The number of halogens is 2. The minimum atomic E-state index is -0.400. The lowest BCUT2D eigenvalue weighted by atomic mass is 10.3. The van der Waals surface area contributed by atoms with Gasteiger partial charge in [0.25, 0.3) is 0 Å². The largest absolute Gasteiger partial charge is 0.497 e. The third-order valence-electron chi connectivity index (χ3n) is 2.51. The Labute approximate surface area is 129 Å². The molecule has 0 heterocycles. The number of hydrogen-bond acceptors (Lipinski definition) is 2. The first-order valence-corrected chi connectivity index (χ1v) is 6.83. The highest BCUT2D eigenvalue weighted by atomic mass is 127. The second-order valence-corrected chi connectivity index (χ2v) is 5.10. The van der Waals surface area contributed by atoms with Gasteiger partial charge in [0.1, 0.15) is 11.6 Å². The fourth-order valence-electron chi connectivity index (χ4n) is 1.58. The number of carbonyl (C=O) groups is 1. The van der Waals surface area contributed by atoms with E-state index in [2.05, 4.69) is 10.6 Å². The molecule has 2 aromatic carbocycles. The SMILES string of the molecule is COc1cccc(NC(=O)Nc2ccc(F)cc2I)c1. The number of carbonyl (C=O) groups excluding carboxylic acids is 1. The average molecular weight is 386 g/mol. The van der Waals surface area contributed by atoms with Crippen LogP contribution in [0.25, 0.3) is 0 Å². The number of ether oxygens (including phenoxy) is 1. The highest BCUT2D eigenvalue weighted by Gasteiger charge is 2.07. The Morgan fingerprint density at radius 1 is 1.20 bits per heavy atom. The molecule has 2 N–H and O–H groups in total. The van der Waals surface area contributed by atoms with Gasteiger partial charge >= 0.3 is 6.03 Å². The Bertz CT molecular complexity index is 634. The predicted molar refractivity (Wildman–Crippen MR) is 84.8 cm³/mol. The maximum atomic E-state index is 13.0. The van der Waals surface area contributed by atoms with Crippen LogP contribution in [0.4, 0.5) is 20.6 Å². The van der Waals surface area contributed by atoms with E-state index in [0.717, 1.165) is 0 Å². The molecule has 0 atom stereocenters. The fraction of sp³-hybridized carbons (Fsp3) is 0.0714. The zero-order valence-electron chi connectivity index (χ0n) is 10.6. The van der Waals surface area contributed by atoms with Gasteiger partial charge in [-0.3, -0.25) is 0 Å². The van der Waals surface area contributed by atoms with Gasteiger partial charge in [-0.1, -0.05) is 6.07 Å². The van der Waals surface area contributed by atoms with E-state index in [1.165, 1.54) is 18.2 Å². The van der Waals surface area contributed by atoms with E-state index < -0.39 is 6.03 Å². The Morgan fingerprint density at radius 3 is 2.70 bits per heavy atom. The van der Waals surface area contributed by atoms with Gasteiger partial charge in [0, 0.05) is 15.3 Å². The normalized spacial score (nSPS) is 9.95. The van der Waals surface area contributed by atoms with Crippen molar-refractivity contribution in [1.82, 2.24) is 0 Å². The number of urea groups is 1. The van der Waals surface area contributed by atoms with Gasteiger partial charge in [0.15, 0.2) is 0 Å². The molecule has 0 saturated carbocycles. The molecule has 0 spiro atoms. The summed E-state index contributed by atoms with van der Waals surface area (Å²) in [5, 5.41) is 5.34. The third kappa shape index (κ3) is 3.83. The van der Waals surface area contributed by atoms with Gasteiger partial charge in [-0.25, -0.2) is 9.18 Å². The van der Waals surface area contributed by atoms with E-state index in [-0.39, 0.29) is 5.82 Å². The molecule has 2 amide bonds. The molecule has 6 heteroatoms. The first-order valence-electron chi connectivity index (χ1n) is 5.75. The molecule has 0 bridgehead atoms. The number of nitrogens with one attached hydrogen (secondary N) is 2. The van der Waals surface area contributed by atoms with E-state index in [0.29, 0.717) is 20.7 Å². The maximum absolute atomic E-state index is 13.0. The van der Waals surface area contributed by atoms with Crippen LogP contribution in [0, 0.1) is 9.39 Å². The van der Waals surface area contributed by atoms with E-state index in [1.54, 1.807) is 31.4 Å². The van der Waals surface area contributed by atoms with Crippen molar-refractivity contribution in [1.29, 1.82) is 0 Å². The number of benzene rings is 2. The minimum Gasteiger partial charge on any atom is -0.497 e. The van der Waals surface area contributed by atoms with Crippen molar-refractivity contribution in [3.63, 3.8) is 0 Å². The summed E-state index contributed by atoms with van der Waals surface area (Å²) < 4.78 is 18.7. The van der Waals surface area contributed by atoms with E-state index in [9.17, 15) is 9.18 Å². The van der Waals surface area contributed by atoms with Crippen LogP contribution >= 0.6 is 22.6 Å². The number of rotatable bonds is 3. The van der Waals surface area contributed by atoms with Crippen LogP contribution in [-0.2, 0) is 0 Å². The van der Waals surface area contributed by atoms with Crippen LogP contribution in [-0.4, -0.2) is 13.1 Å². The summed E-state index contributed by atoms with van der Waals surface area (Å²) in [4.78, 5) is 11.9. The lowest BCUT2D eigenvalue weighted by Crippen LogP contribution is -2.20. The summed E-state index contributed by atoms with van der Waals surface area (Å²) in [7, 11) is 1.56. The molecule has 2 aromatic rings. The standard InChI is InChI=1S/C14H12FIN2O2/c1-20-11-4-2-3-10(8-11)17-14(19)18-13-6-5-9(15)7-12(13)16/h2-8H,1H3,(H2,17,18,19). The Balaban J connectivity index is 2.05. The van der Waals surface area contributed by atoms with Crippen molar-refractivity contribution in [3.05, 3.63) is 51.9 Å². The summed E-state index contributed by atoms with van der Waals surface area (Å²) in [5.74, 6) is 0.312. The molecule has 0 fully saturated rings. The van der Waals surface area contributed by atoms with Crippen molar-refractivity contribution >= 4 is 40.0 Å². The second kappa shape index (κ2) is 6.56. The zero-order valence-corrected chi connectivity index (χ0v) is 12.8. The maximum Gasteiger partial charge on any atom is 0.323 e. The summed E-state index contributed by atoms with van der Waals surface area (Å²) in [5.41, 5.74) is 1.16. The number of hydrogen-bond donors (Lipinski definition) is 2. The lowest BCUT2D eigenvalue weighted by molar-refractivity contribution is 0.262. The molecule has 4 nitrogen and oxygen atoms in total. The minimum absolute atomic E-state index is 0.340. The molecule has 0 aromatic heterocycles. The van der Waals surface area contributed by atoms with Crippen LogP contribution in [0.2, 0.25) is 0 Å². The summed E-state index contributed by atoms with van der Waals surface area (Å²) in [6.07, 6.45) is 0. The van der Waals surface area contributed by atoms with Crippen molar-refractivity contribution in [2.24, 2.45) is 0 Å². The molecule has 104 valence electrons. The molecule has 2 rings (SSSR count). The highest BCUT2D eigenvalue weighted by molar-refractivity contribution is 14.1. The Kier molecular flexibility index (Phi) is 4.78. The molecule has 0 unspecified atom stereocenters. The summed E-state index contributed by atoms with van der Waals surface area (Å²) in [6.45, 7) is 0. The molecule has 0 aliphatic rings. The molecule has 20 heavy (non-hydrogen) atoms. The molecule has 0 aliphatic heterocycles. The van der Waals surface area contributed by atoms with Gasteiger partial charge in [-0.05, 0) is 52.9 Å². The van der Waals surface area contributed by atoms with Gasteiger partial charge in [0.2, 0.25) is 0 Å². The second-order valence-electron chi connectivity index (χ2n) is 3.94. The smallest absolute Gasteiger partial charge is 0.323 e. The molecule has 0 radical (unpaired) electrons. The first-order chi connectivity index (χ1) is 9.58.